The van der Waals surface area contributed by atoms with Crippen molar-refractivity contribution in [2.24, 2.45) is 17.6 Å². The Labute approximate surface area is 217 Å². The van der Waals surface area contributed by atoms with Crippen LogP contribution < -0.4 is 11.1 Å². The van der Waals surface area contributed by atoms with Gasteiger partial charge in [-0.3, -0.25) is 29.8 Å². The summed E-state index contributed by atoms with van der Waals surface area (Å²) in [5.41, 5.74) is 7.23. The number of rotatable bonds is 11. The van der Waals surface area contributed by atoms with Gasteiger partial charge < -0.3 is 16.2 Å². The predicted molar refractivity (Wildman–Crippen MR) is 142 cm³/mol. The van der Waals surface area contributed by atoms with E-state index < -0.39 is 15.8 Å². The second kappa shape index (κ2) is 18.4. The van der Waals surface area contributed by atoms with E-state index in [4.69, 9.17) is 10.8 Å². The molecule has 0 fully saturated rings. The Morgan fingerprint density at radius 3 is 1.43 bits per heavy atom. The number of carbonyl (C=O) groups excluding carboxylic acids is 1. The zero-order valence-electron chi connectivity index (χ0n) is 21.9. The number of nitrogens with zero attached hydrogens (tertiary/aromatic N) is 2. The van der Waals surface area contributed by atoms with Gasteiger partial charge in [0.15, 0.2) is 0 Å². The second-order valence-corrected chi connectivity index (χ2v) is 8.13. The number of carboxylic acids is 1. The first-order valence-corrected chi connectivity index (χ1v) is 12.2. The Balaban J connectivity index is 0.000000580. The first-order valence-electron chi connectivity index (χ1n) is 12.2. The van der Waals surface area contributed by atoms with Crippen molar-refractivity contribution in [3.8, 4) is 0 Å². The minimum Gasteiger partial charge on any atom is -0.481 e. The Bertz CT molecular complexity index is 971. The Kier molecular flexibility index (Phi) is 16.5. The maximum absolute atomic E-state index is 11.7. The van der Waals surface area contributed by atoms with Crippen molar-refractivity contribution in [1.82, 2.24) is 5.32 Å². The highest BCUT2D eigenvalue weighted by Crippen LogP contribution is 2.13. The molecule has 0 aliphatic carbocycles. The van der Waals surface area contributed by atoms with Crippen LogP contribution in [0, 0.1) is 32.1 Å². The fraction of sp³-hybridized carbons (Fsp3) is 0.462. The van der Waals surface area contributed by atoms with Gasteiger partial charge in [-0.25, -0.2) is 0 Å². The highest BCUT2D eigenvalue weighted by Gasteiger charge is 2.13. The summed E-state index contributed by atoms with van der Waals surface area (Å²) < 4.78 is 0. The molecule has 1 amide bonds. The van der Waals surface area contributed by atoms with Crippen molar-refractivity contribution in [2.75, 3.05) is 0 Å². The Hall–Kier alpha value is -3.86. The van der Waals surface area contributed by atoms with Crippen LogP contribution >= 0.6 is 0 Å². The molecule has 11 nitrogen and oxygen atoms in total. The second-order valence-electron chi connectivity index (χ2n) is 8.13. The minimum absolute atomic E-state index is 0.0401. The molecule has 0 aromatic heterocycles. The molecule has 37 heavy (non-hydrogen) atoms. The summed E-state index contributed by atoms with van der Waals surface area (Å²) in [6.07, 6.45) is 3.13. The largest absolute Gasteiger partial charge is 0.481 e. The van der Waals surface area contributed by atoms with Gasteiger partial charge in [0.25, 0.3) is 11.4 Å². The van der Waals surface area contributed by atoms with E-state index >= 15 is 0 Å². The number of nitrogens with one attached hydrogen (secondary N) is 1. The van der Waals surface area contributed by atoms with E-state index in [0.29, 0.717) is 13.1 Å². The SMILES string of the molecule is CCC(CC)C(=O)NCc1ccc([N+](=O)[O-])cc1.CCC(CC)C(=O)O.NCc1ccc([N+](=O)[O-])cc1. The molecule has 0 bridgehead atoms. The van der Waals surface area contributed by atoms with Crippen molar-refractivity contribution in [2.45, 2.75) is 66.5 Å². The van der Waals surface area contributed by atoms with E-state index in [1.54, 1.807) is 24.3 Å². The number of hydrogen-bond donors (Lipinski definition) is 3. The van der Waals surface area contributed by atoms with Crippen LogP contribution in [0.15, 0.2) is 48.5 Å². The Morgan fingerprint density at radius 2 is 1.16 bits per heavy atom. The van der Waals surface area contributed by atoms with E-state index in [1.165, 1.54) is 24.3 Å². The number of hydrogen-bond acceptors (Lipinski definition) is 7. The standard InChI is InChI=1S/C13H18N2O3.C7H8N2O2.C6H12O2/c1-3-11(4-2)13(16)14-9-10-5-7-12(8-6-10)15(17)18;8-5-6-1-3-7(4-2-6)9(10)11;1-3-5(4-2)6(7)8/h5-8,11H,3-4,9H2,1-2H3,(H,14,16);1-4H,5,8H2;5H,3-4H2,1-2H3,(H,7,8). The lowest BCUT2D eigenvalue weighted by molar-refractivity contribution is -0.385. The summed E-state index contributed by atoms with van der Waals surface area (Å²) in [4.78, 5) is 41.7. The topological polar surface area (TPSA) is 179 Å². The maximum Gasteiger partial charge on any atom is 0.306 e. The van der Waals surface area contributed by atoms with Gasteiger partial charge in [0.2, 0.25) is 5.91 Å². The number of benzene rings is 2. The predicted octanol–water partition coefficient (Wildman–Crippen LogP) is 5.21. The van der Waals surface area contributed by atoms with Gasteiger partial charge in [-0.05, 0) is 36.8 Å². The van der Waals surface area contributed by atoms with E-state index in [1.807, 2.05) is 27.7 Å². The van der Waals surface area contributed by atoms with Crippen LogP contribution in [0.3, 0.4) is 0 Å². The van der Waals surface area contributed by atoms with Crippen LogP contribution in [-0.2, 0) is 22.7 Å². The van der Waals surface area contributed by atoms with Crippen LogP contribution in [0.2, 0.25) is 0 Å². The molecule has 0 atom stereocenters. The smallest absolute Gasteiger partial charge is 0.306 e. The van der Waals surface area contributed by atoms with Gasteiger partial charge in [0.05, 0.1) is 15.8 Å². The van der Waals surface area contributed by atoms with Crippen LogP contribution in [0.5, 0.6) is 0 Å². The highest BCUT2D eigenvalue weighted by atomic mass is 16.6. The summed E-state index contributed by atoms with van der Waals surface area (Å²) in [5, 5.41) is 31.9. The molecular formula is C26H38N4O7. The summed E-state index contributed by atoms with van der Waals surface area (Å²) in [6, 6.07) is 12.4. The first kappa shape index (κ1) is 33.1. The quantitative estimate of drug-likeness (QED) is 0.268. The maximum atomic E-state index is 11.7. The lowest BCUT2D eigenvalue weighted by Gasteiger charge is -2.12. The molecule has 0 saturated carbocycles. The van der Waals surface area contributed by atoms with Gasteiger partial charge >= 0.3 is 5.97 Å². The van der Waals surface area contributed by atoms with Gasteiger partial charge in [0.1, 0.15) is 0 Å². The number of carboxylic acid groups (broad SMARTS) is 1. The molecule has 0 saturated heterocycles. The number of amides is 1. The van der Waals surface area contributed by atoms with E-state index in [2.05, 4.69) is 5.32 Å². The fourth-order valence-electron chi connectivity index (χ4n) is 3.12. The number of aliphatic carboxylic acids is 1. The average Bonchev–Trinajstić information content (AvgIpc) is 2.89. The van der Waals surface area contributed by atoms with Crippen molar-refractivity contribution >= 4 is 23.3 Å². The number of nitro groups is 2. The zero-order valence-corrected chi connectivity index (χ0v) is 21.9. The third-order valence-electron chi connectivity index (χ3n) is 5.69. The average molecular weight is 519 g/mol. The third-order valence-corrected chi connectivity index (χ3v) is 5.69. The molecule has 204 valence electrons. The number of non-ortho nitro benzene ring substituents is 2. The van der Waals surface area contributed by atoms with Crippen molar-refractivity contribution in [3.63, 3.8) is 0 Å². The molecule has 2 aromatic carbocycles. The molecule has 0 aliphatic rings. The fourth-order valence-corrected chi connectivity index (χ4v) is 3.12. The van der Waals surface area contributed by atoms with Crippen molar-refractivity contribution < 1.29 is 24.5 Å². The summed E-state index contributed by atoms with van der Waals surface area (Å²) >= 11 is 0. The molecule has 0 spiro atoms. The lowest BCUT2D eigenvalue weighted by Crippen LogP contribution is -2.29. The van der Waals surface area contributed by atoms with Gasteiger partial charge in [-0.15, -0.1) is 0 Å². The molecule has 2 aromatic rings. The van der Waals surface area contributed by atoms with E-state index in [-0.39, 0.29) is 29.1 Å². The van der Waals surface area contributed by atoms with Crippen molar-refractivity contribution in [3.05, 3.63) is 79.9 Å². The summed E-state index contributed by atoms with van der Waals surface area (Å²) in [5.74, 6) is -0.716. The Morgan fingerprint density at radius 1 is 0.784 bits per heavy atom. The van der Waals surface area contributed by atoms with Crippen LogP contribution in [-0.4, -0.2) is 26.8 Å². The van der Waals surface area contributed by atoms with E-state index in [9.17, 15) is 29.8 Å². The van der Waals surface area contributed by atoms with Crippen LogP contribution in [0.4, 0.5) is 11.4 Å². The minimum atomic E-state index is -0.671. The molecule has 0 unspecified atom stereocenters. The van der Waals surface area contributed by atoms with Crippen LogP contribution in [0.1, 0.15) is 64.5 Å². The molecule has 0 aliphatic heterocycles. The number of nitrogens with two attached hydrogens (primary N) is 1. The molecular weight excluding hydrogens is 480 g/mol. The van der Waals surface area contributed by atoms with E-state index in [0.717, 1.165) is 36.8 Å². The normalized spacial score (nSPS) is 10.0. The third kappa shape index (κ3) is 13.1. The first-order chi connectivity index (χ1) is 17.5. The molecule has 4 N–H and O–H groups in total. The summed E-state index contributed by atoms with van der Waals surface area (Å²) in [7, 11) is 0. The lowest BCUT2D eigenvalue weighted by atomic mass is 10.0. The number of carbonyl (C=O) groups is 2. The molecule has 2 rings (SSSR count). The number of nitro benzene ring substituents is 2. The van der Waals surface area contributed by atoms with Gasteiger partial charge in [-0.2, -0.15) is 0 Å². The molecule has 11 heteroatoms. The van der Waals surface area contributed by atoms with Gasteiger partial charge in [-0.1, -0.05) is 52.0 Å². The van der Waals surface area contributed by atoms with Gasteiger partial charge in [0, 0.05) is 43.3 Å². The molecule has 0 heterocycles. The monoisotopic (exact) mass is 518 g/mol. The van der Waals surface area contributed by atoms with Crippen LogP contribution in [0.25, 0.3) is 0 Å². The summed E-state index contributed by atoms with van der Waals surface area (Å²) in [6.45, 7) is 8.58. The molecule has 0 radical (unpaired) electrons. The highest BCUT2D eigenvalue weighted by molar-refractivity contribution is 5.78. The van der Waals surface area contributed by atoms with Crippen molar-refractivity contribution in [1.29, 1.82) is 0 Å². The zero-order chi connectivity index (χ0) is 28.4.